The van der Waals surface area contributed by atoms with Crippen LogP contribution in [0.2, 0.25) is 0 Å². The molecule has 6 rings (SSSR count). The molecule has 9 nitrogen and oxygen atoms in total. The third-order valence-corrected chi connectivity index (χ3v) is 10.5. The van der Waals surface area contributed by atoms with E-state index in [0.29, 0.717) is 3.95 Å². The average Bonchev–Trinajstić information content (AvgIpc) is 3.49. The van der Waals surface area contributed by atoms with Crippen molar-refractivity contribution in [2.45, 2.75) is 22.6 Å². The van der Waals surface area contributed by atoms with Crippen LogP contribution in [0.15, 0.2) is 29.3 Å². The number of imide groups is 1. The quantitative estimate of drug-likeness (QED) is 0.281. The topological polar surface area (TPSA) is 134 Å². The number of hydrogen-bond acceptors (Lipinski definition) is 8. The second-order valence-corrected chi connectivity index (χ2v) is 11.9. The number of aromatic amines is 1. The van der Waals surface area contributed by atoms with Crippen molar-refractivity contribution in [3.05, 3.63) is 48.8 Å². The van der Waals surface area contributed by atoms with Gasteiger partial charge in [0.15, 0.2) is 3.95 Å². The summed E-state index contributed by atoms with van der Waals surface area (Å²) in [7, 11) is 0. The normalized spacial score (nSPS) is 33.7. The fourth-order valence-corrected chi connectivity index (χ4v) is 9.88. The van der Waals surface area contributed by atoms with Gasteiger partial charge in [-0.1, -0.05) is 12.1 Å². The number of thiazole rings is 1. The molecule has 3 heterocycles. The molecular weight excluding hydrogens is 486 g/mol. The van der Waals surface area contributed by atoms with Crippen molar-refractivity contribution in [3.63, 3.8) is 0 Å². The molecule has 3 fully saturated rings. The summed E-state index contributed by atoms with van der Waals surface area (Å²) < 4.78 is 0.645. The van der Waals surface area contributed by atoms with Crippen molar-refractivity contribution in [2.75, 3.05) is 6.54 Å². The molecule has 2 amide bonds. The predicted molar refractivity (Wildman–Crippen MR) is 121 cm³/mol. The van der Waals surface area contributed by atoms with Crippen LogP contribution in [0.1, 0.15) is 22.8 Å². The molecule has 2 aliphatic carbocycles. The largest absolute Gasteiger partial charge is 0.480 e. The Balaban J connectivity index is 1.44. The van der Waals surface area contributed by atoms with Crippen LogP contribution in [-0.2, 0) is 14.4 Å². The molecule has 1 aromatic heterocycles. The first-order valence-electron chi connectivity index (χ1n) is 10.5. The summed E-state index contributed by atoms with van der Waals surface area (Å²) in [4.78, 5) is 53.4. The summed E-state index contributed by atoms with van der Waals surface area (Å²) in [6.45, 7) is -0.598. The number of fused-ring (bicyclic) bond motifs is 9. The highest BCUT2D eigenvalue weighted by atomic mass is 32.2. The summed E-state index contributed by atoms with van der Waals surface area (Å²) in [5, 5.41) is 21.4. The van der Waals surface area contributed by atoms with Crippen LogP contribution in [0, 0.1) is 43.7 Å². The zero-order valence-corrected chi connectivity index (χ0v) is 19.3. The van der Waals surface area contributed by atoms with Gasteiger partial charge >= 0.3 is 5.97 Å². The van der Waals surface area contributed by atoms with Gasteiger partial charge in [-0.25, -0.2) is 0 Å². The van der Waals surface area contributed by atoms with E-state index in [4.69, 9.17) is 12.2 Å². The SMILES string of the molecule is O=C(O)CN1C(=O)[C@@H]2[C@H]3C[C@@H]([C@@H]2C1=O)[C@@H]1[C@H](c2ccc([N+](=O)[O-])cc2)c2sc(=S)[nH]c2S[C@@H]31. The van der Waals surface area contributed by atoms with E-state index in [0.717, 1.165) is 26.8 Å². The molecule has 2 N–H and O–H groups in total. The lowest BCUT2D eigenvalue weighted by molar-refractivity contribution is -0.384. The molecule has 1 saturated heterocycles. The number of hydrogen-bond donors (Lipinski definition) is 2. The van der Waals surface area contributed by atoms with Crippen LogP contribution in [0.25, 0.3) is 0 Å². The maximum absolute atomic E-state index is 13.1. The van der Waals surface area contributed by atoms with E-state index >= 15 is 0 Å². The van der Waals surface area contributed by atoms with E-state index in [-0.39, 0.29) is 46.4 Å². The first-order valence-corrected chi connectivity index (χ1v) is 12.6. The van der Waals surface area contributed by atoms with Gasteiger partial charge in [-0.05, 0) is 42.0 Å². The number of aromatic nitrogens is 1. The molecule has 12 heteroatoms. The Morgan fingerprint density at radius 2 is 1.88 bits per heavy atom. The third kappa shape index (κ3) is 2.90. The minimum atomic E-state index is -1.20. The second-order valence-electron chi connectivity index (χ2n) is 8.97. The van der Waals surface area contributed by atoms with Crippen LogP contribution < -0.4 is 0 Å². The highest BCUT2D eigenvalue weighted by molar-refractivity contribution is 8.00. The Bertz CT molecular complexity index is 1290. The zero-order valence-electron chi connectivity index (χ0n) is 16.9. The maximum Gasteiger partial charge on any atom is 0.323 e. The summed E-state index contributed by atoms with van der Waals surface area (Å²) in [6, 6.07) is 6.52. The first-order chi connectivity index (χ1) is 15.8. The monoisotopic (exact) mass is 503 g/mol. The summed E-state index contributed by atoms with van der Waals surface area (Å²) in [5.41, 5.74) is 0.932. The highest BCUT2D eigenvalue weighted by Gasteiger charge is 2.69. The molecular formula is C21H17N3O6S3. The van der Waals surface area contributed by atoms with Gasteiger partial charge < -0.3 is 10.1 Å². The van der Waals surface area contributed by atoms with Gasteiger partial charge in [-0.15, -0.1) is 23.1 Å². The number of nitro benzene ring substituents is 1. The van der Waals surface area contributed by atoms with Crippen molar-refractivity contribution >= 4 is 58.8 Å². The first kappa shape index (κ1) is 21.0. The van der Waals surface area contributed by atoms with Gasteiger partial charge in [0.05, 0.1) is 21.8 Å². The minimum Gasteiger partial charge on any atom is -0.480 e. The molecule has 1 aromatic carbocycles. The number of amides is 2. The highest BCUT2D eigenvalue weighted by Crippen LogP contribution is 2.68. The van der Waals surface area contributed by atoms with Crippen LogP contribution in [0.5, 0.6) is 0 Å². The van der Waals surface area contributed by atoms with E-state index in [1.165, 1.54) is 23.5 Å². The zero-order chi connectivity index (χ0) is 23.2. The van der Waals surface area contributed by atoms with Crippen molar-refractivity contribution in [3.8, 4) is 0 Å². The Kier molecular flexibility index (Phi) is 4.59. The molecule has 2 saturated carbocycles. The van der Waals surface area contributed by atoms with Crippen molar-refractivity contribution in [1.82, 2.24) is 9.88 Å². The van der Waals surface area contributed by atoms with Gasteiger partial charge in [-0.3, -0.25) is 29.4 Å². The number of carbonyl (C=O) groups is 3. The molecule has 0 unspecified atom stereocenters. The minimum absolute atomic E-state index is 0.0105. The lowest BCUT2D eigenvalue weighted by Gasteiger charge is -2.43. The van der Waals surface area contributed by atoms with Crippen LogP contribution in [-0.4, -0.2) is 49.5 Å². The van der Waals surface area contributed by atoms with Gasteiger partial charge in [-0.2, -0.15) is 0 Å². The predicted octanol–water partition coefficient (Wildman–Crippen LogP) is 3.27. The number of thioether (sulfide) groups is 1. The summed E-state index contributed by atoms with van der Waals surface area (Å²) in [6.07, 6.45) is 0.745. The third-order valence-electron chi connectivity index (χ3n) is 7.57. The summed E-state index contributed by atoms with van der Waals surface area (Å²) in [5.74, 6) is -3.05. The lowest BCUT2D eigenvalue weighted by atomic mass is 9.68. The van der Waals surface area contributed by atoms with E-state index in [9.17, 15) is 29.6 Å². The number of carboxylic acid groups (broad SMARTS) is 1. The average molecular weight is 504 g/mol. The van der Waals surface area contributed by atoms with Gasteiger partial charge in [0.1, 0.15) is 6.54 Å². The number of carboxylic acids is 1. The van der Waals surface area contributed by atoms with E-state index in [1.54, 1.807) is 23.9 Å². The van der Waals surface area contributed by atoms with Crippen LogP contribution >= 0.6 is 35.3 Å². The number of rotatable bonds is 4. The standard InChI is InChI=1S/C21H17N3O6S3/c25-11(26)6-23-19(27)14-9-5-10(15(14)20(23)28)16-13(9)12(17-18(32-16)22-21(31)33-17)7-1-3-8(4-2-7)24(29)30/h1-4,9-10,12-16H,5-6H2,(H,22,31)(H,25,26)/t9-,10-,12+,13-,14+,15-,16+/m1/s1. The number of nitrogens with one attached hydrogen (secondary N) is 1. The number of nitrogens with zero attached hydrogens (tertiary/aromatic N) is 2. The molecule has 2 aromatic rings. The fraction of sp³-hybridized carbons (Fsp3) is 0.429. The van der Waals surface area contributed by atoms with Crippen molar-refractivity contribution < 1.29 is 24.4 Å². The molecule has 33 heavy (non-hydrogen) atoms. The Hall–Kier alpha value is -2.57. The molecule has 2 aliphatic heterocycles. The number of H-pyrrole nitrogens is 1. The molecule has 0 radical (unpaired) electrons. The van der Waals surface area contributed by atoms with Gasteiger partial charge in [0.25, 0.3) is 5.69 Å². The molecule has 0 spiro atoms. The van der Waals surface area contributed by atoms with Crippen molar-refractivity contribution in [1.29, 1.82) is 0 Å². The second kappa shape index (κ2) is 7.21. The Labute approximate surface area is 200 Å². The van der Waals surface area contributed by atoms with Crippen molar-refractivity contribution in [2.24, 2.45) is 29.6 Å². The molecule has 170 valence electrons. The van der Waals surface area contributed by atoms with Gasteiger partial charge in [0, 0.05) is 28.2 Å². The fourth-order valence-electron chi connectivity index (χ4n) is 6.55. The number of nitro groups is 1. The summed E-state index contributed by atoms with van der Waals surface area (Å²) >= 11 is 8.55. The number of likely N-dealkylation sites (tertiary alicyclic amines) is 1. The molecule has 4 aliphatic rings. The van der Waals surface area contributed by atoms with E-state index in [2.05, 4.69) is 4.98 Å². The van der Waals surface area contributed by atoms with Crippen LogP contribution in [0.3, 0.4) is 0 Å². The number of non-ortho nitro benzene ring substituents is 1. The Morgan fingerprint density at radius 3 is 2.52 bits per heavy atom. The lowest BCUT2D eigenvalue weighted by Crippen LogP contribution is -2.42. The number of benzene rings is 1. The smallest absolute Gasteiger partial charge is 0.323 e. The van der Waals surface area contributed by atoms with Crippen LogP contribution in [0.4, 0.5) is 5.69 Å². The maximum atomic E-state index is 13.1. The van der Waals surface area contributed by atoms with E-state index < -0.39 is 29.3 Å². The number of aliphatic carboxylic acids is 1. The Morgan fingerprint density at radius 1 is 1.21 bits per heavy atom. The molecule has 7 atom stereocenters. The number of carbonyl (C=O) groups excluding carboxylic acids is 2. The van der Waals surface area contributed by atoms with E-state index in [1.807, 2.05) is 0 Å². The van der Waals surface area contributed by atoms with Gasteiger partial charge in [0.2, 0.25) is 11.8 Å². The molecule has 2 bridgehead atoms.